The van der Waals surface area contributed by atoms with Crippen LogP contribution in [0.5, 0.6) is 0 Å². The summed E-state index contributed by atoms with van der Waals surface area (Å²) >= 11 is 0. The molecule has 1 heterocycles. The first-order chi connectivity index (χ1) is 6.25. The molecular formula is C10H10N2O. The molecular weight excluding hydrogens is 164 g/mol. The van der Waals surface area contributed by atoms with Gasteiger partial charge >= 0.3 is 0 Å². The standard InChI is InChI=1S/C10H10N2O/c1-8(13)9-4-3-7-12-10(9)5-2-6-11/h3-4,7H,2,5H2,1H3. The number of nitriles is 1. The topological polar surface area (TPSA) is 53.8 Å². The summed E-state index contributed by atoms with van der Waals surface area (Å²) in [5.74, 6) is 0.000963. The van der Waals surface area contributed by atoms with Crippen molar-refractivity contribution < 1.29 is 4.79 Å². The summed E-state index contributed by atoms with van der Waals surface area (Å²) in [6.45, 7) is 1.51. The van der Waals surface area contributed by atoms with Gasteiger partial charge in [0.2, 0.25) is 0 Å². The first-order valence-corrected chi connectivity index (χ1v) is 4.07. The van der Waals surface area contributed by atoms with Crippen LogP contribution in [0, 0.1) is 11.3 Å². The Hall–Kier alpha value is -1.69. The molecule has 0 aliphatic heterocycles. The van der Waals surface area contributed by atoms with Gasteiger partial charge in [-0.05, 0) is 19.1 Å². The van der Waals surface area contributed by atoms with Gasteiger partial charge in [-0.25, -0.2) is 0 Å². The van der Waals surface area contributed by atoms with Crippen molar-refractivity contribution in [1.82, 2.24) is 4.98 Å². The Kier molecular flexibility index (Phi) is 3.15. The molecule has 0 bridgehead atoms. The van der Waals surface area contributed by atoms with E-state index in [9.17, 15) is 4.79 Å². The van der Waals surface area contributed by atoms with Crippen molar-refractivity contribution in [3.05, 3.63) is 29.6 Å². The predicted octanol–water partition coefficient (Wildman–Crippen LogP) is 1.74. The monoisotopic (exact) mass is 174 g/mol. The molecule has 0 unspecified atom stereocenters. The zero-order valence-electron chi connectivity index (χ0n) is 7.45. The molecule has 0 saturated heterocycles. The van der Waals surface area contributed by atoms with E-state index in [0.29, 0.717) is 18.4 Å². The van der Waals surface area contributed by atoms with Crippen LogP contribution < -0.4 is 0 Å². The van der Waals surface area contributed by atoms with Crippen LogP contribution in [-0.2, 0) is 6.42 Å². The number of aryl methyl sites for hydroxylation is 1. The molecule has 0 N–H and O–H groups in total. The lowest BCUT2D eigenvalue weighted by Crippen LogP contribution is -2.01. The second kappa shape index (κ2) is 4.36. The van der Waals surface area contributed by atoms with E-state index in [4.69, 9.17) is 5.26 Å². The first-order valence-electron chi connectivity index (χ1n) is 4.07. The highest BCUT2D eigenvalue weighted by atomic mass is 16.1. The predicted molar refractivity (Wildman–Crippen MR) is 48.2 cm³/mol. The summed E-state index contributed by atoms with van der Waals surface area (Å²) in [6, 6.07) is 5.50. The van der Waals surface area contributed by atoms with Crippen LogP contribution in [0.2, 0.25) is 0 Å². The maximum Gasteiger partial charge on any atom is 0.161 e. The summed E-state index contributed by atoms with van der Waals surface area (Å²) in [6.07, 6.45) is 2.59. The van der Waals surface area contributed by atoms with Crippen LogP contribution in [0.25, 0.3) is 0 Å². The minimum atomic E-state index is 0.000963. The number of carbonyl (C=O) groups excluding carboxylic acids is 1. The van der Waals surface area contributed by atoms with E-state index in [1.54, 1.807) is 18.3 Å². The van der Waals surface area contributed by atoms with Gasteiger partial charge in [-0.2, -0.15) is 5.26 Å². The smallest absolute Gasteiger partial charge is 0.161 e. The van der Waals surface area contributed by atoms with Gasteiger partial charge in [0.05, 0.1) is 11.8 Å². The van der Waals surface area contributed by atoms with Gasteiger partial charge in [0, 0.05) is 24.6 Å². The van der Waals surface area contributed by atoms with Crippen molar-refractivity contribution in [3.8, 4) is 6.07 Å². The molecule has 0 aliphatic rings. The fourth-order valence-electron chi connectivity index (χ4n) is 1.13. The number of pyridine rings is 1. The van der Waals surface area contributed by atoms with Gasteiger partial charge in [0.1, 0.15) is 0 Å². The Morgan fingerprint density at radius 3 is 3.08 bits per heavy atom. The van der Waals surface area contributed by atoms with Crippen LogP contribution in [0.4, 0.5) is 0 Å². The van der Waals surface area contributed by atoms with Crippen molar-refractivity contribution in [2.75, 3.05) is 0 Å². The van der Waals surface area contributed by atoms with Gasteiger partial charge in [-0.3, -0.25) is 9.78 Å². The van der Waals surface area contributed by atoms with E-state index >= 15 is 0 Å². The number of Topliss-reactive ketones (excluding diaryl/α,β-unsaturated/α-hetero) is 1. The zero-order valence-corrected chi connectivity index (χ0v) is 7.45. The number of hydrogen-bond acceptors (Lipinski definition) is 3. The number of ketones is 1. The lowest BCUT2D eigenvalue weighted by Gasteiger charge is -2.01. The van der Waals surface area contributed by atoms with Crippen LogP contribution in [0.1, 0.15) is 29.4 Å². The van der Waals surface area contributed by atoms with Crippen molar-refractivity contribution >= 4 is 5.78 Å². The Morgan fingerprint density at radius 1 is 1.69 bits per heavy atom. The lowest BCUT2D eigenvalue weighted by atomic mass is 10.1. The maximum absolute atomic E-state index is 11.1. The van der Waals surface area contributed by atoms with Crippen molar-refractivity contribution in [3.63, 3.8) is 0 Å². The Morgan fingerprint density at radius 2 is 2.46 bits per heavy atom. The molecule has 0 spiro atoms. The summed E-state index contributed by atoms with van der Waals surface area (Å²) in [5.41, 5.74) is 1.34. The second-order valence-corrected chi connectivity index (χ2v) is 2.71. The maximum atomic E-state index is 11.1. The largest absolute Gasteiger partial charge is 0.294 e. The van der Waals surface area contributed by atoms with Crippen LogP contribution >= 0.6 is 0 Å². The number of aromatic nitrogens is 1. The summed E-state index contributed by atoms with van der Waals surface area (Å²) in [4.78, 5) is 15.2. The quantitative estimate of drug-likeness (QED) is 0.656. The number of nitrogens with zero attached hydrogens (tertiary/aromatic N) is 2. The Bertz CT molecular complexity index is 352. The molecule has 1 aromatic heterocycles. The molecule has 66 valence electrons. The SMILES string of the molecule is CC(=O)c1cccnc1CCC#N. The van der Waals surface area contributed by atoms with E-state index in [2.05, 4.69) is 4.98 Å². The molecule has 1 rings (SSSR count). The molecule has 0 saturated carbocycles. The molecule has 0 fully saturated rings. The fraction of sp³-hybridized carbons (Fsp3) is 0.300. The van der Waals surface area contributed by atoms with Gasteiger partial charge < -0.3 is 0 Å². The molecule has 3 heteroatoms. The van der Waals surface area contributed by atoms with E-state index in [1.807, 2.05) is 6.07 Å². The highest BCUT2D eigenvalue weighted by molar-refractivity contribution is 5.95. The molecule has 3 nitrogen and oxygen atoms in total. The Labute approximate surface area is 77.0 Å². The number of hydrogen-bond donors (Lipinski definition) is 0. The first kappa shape index (κ1) is 9.40. The van der Waals surface area contributed by atoms with Gasteiger partial charge in [-0.15, -0.1) is 0 Å². The van der Waals surface area contributed by atoms with Crippen molar-refractivity contribution in [2.24, 2.45) is 0 Å². The average Bonchev–Trinajstić information content (AvgIpc) is 2.15. The van der Waals surface area contributed by atoms with E-state index in [-0.39, 0.29) is 5.78 Å². The Balaban J connectivity index is 2.92. The van der Waals surface area contributed by atoms with E-state index < -0.39 is 0 Å². The summed E-state index contributed by atoms with van der Waals surface area (Å²) < 4.78 is 0. The van der Waals surface area contributed by atoms with E-state index in [1.165, 1.54) is 6.92 Å². The third-order valence-electron chi connectivity index (χ3n) is 1.74. The molecule has 0 amide bonds. The number of carbonyl (C=O) groups is 1. The minimum Gasteiger partial charge on any atom is -0.294 e. The average molecular weight is 174 g/mol. The van der Waals surface area contributed by atoms with Gasteiger partial charge in [0.15, 0.2) is 5.78 Å². The van der Waals surface area contributed by atoms with Crippen LogP contribution in [-0.4, -0.2) is 10.8 Å². The third-order valence-corrected chi connectivity index (χ3v) is 1.74. The highest BCUT2D eigenvalue weighted by Gasteiger charge is 2.06. The third kappa shape index (κ3) is 2.38. The van der Waals surface area contributed by atoms with Crippen molar-refractivity contribution in [2.45, 2.75) is 19.8 Å². The van der Waals surface area contributed by atoms with Gasteiger partial charge in [-0.1, -0.05) is 0 Å². The molecule has 0 radical (unpaired) electrons. The van der Waals surface area contributed by atoms with Crippen LogP contribution in [0.3, 0.4) is 0 Å². The molecule has 0 aliphatic carbocycles. The normalized spacial score (nSPS) is 9.23. The molecule has 0 aromatic carbocycles. The molecule has 0 atom stereocenters. The van der Waals surface area contributed by atoms with Crippen LogP contribution in [0.15, 0.2) is 18.3 Å². The lowest BCUT2D eigenvalue weighted by molar-refractivity contribution is 0.101. The molecule has 13 heavy (non-hydrogen) atoms. The second-order valence-electron chi connectivity index (χ2n) is 2.71. The van der Waals surface area contributed by atoms with Gasteiger partial charge in [0.25, 0.3) is 0 Å². The highest BCUT2D eigenvalue weighted by Crippen LogP contribution is 2.08. The minimum absolute atomic E-state index is 0.000963. The summed E-state index contributed by atoms with van der Waals surface area (Å²) in [7, 11) is 0. The summed E-state index contributed by atoms with van der Waals surface area (Å²) in [5, 5.41) is 8.39. The number of rotatable bonds is 3. The zero-order chi connectivity index (χ0) is 9.68. The van der Waals surface area contributed by atoms with Crippen molar-refractivity contribution in [1.29, 1.82) is 5.26 Å². The molecule has 1 aromatic rings. The fourth-order valence-corrected chi connectivity index (χ4v) is 1.13. The van der Waals surface area contributed by atoms with E-state index in [0.717, 1.165) is 5.69 Å².